The number of carbonyl (C=O) groups excluding carboxylic acids is 1. The highest BCUT2D eigenvalue weighted by Crippen LogP contribution is 2.49. The minimum absolute atomic E-state index is 0.127. The number of fused-ring (bicyclic) bond motifs is 2. The Bertz CT molecular complexity index is 484. The summed E-state index contributed by atoms with van der Waals surface area (Å²) in [6.45, 7) is 2.17. The average molecular weight is 292 g/mol. The van der Waals surface area contributed by atoms with E-state index in [0.29, 0.717) is 23.4 Å². The molecule has 108 valence electrons. The Balaban J connectivity index is 1.52. The molecular weight excluding hydrogens is 270 g/mol. The summed E-state index contributed by atoms with van der Waals surface area (Å²) in [5.41, 5.74) is 1.02. The van der Waals surface area contributed by atoms with Crippen molar-refractivity contribution in [3.8, 4) is 0 Å². The zero-order valence-corrected chi connectivity index (χ0v) is 12.7. The monoisotopic (exact) mass is 291 g/mol. The lowest BCUT2D eigenvalue weighted by atomic mass is 9.84. The lowest BCUT2D eigenvalue weighted by molar-refractivity contribution is -0.121. The van der Waals surface area contributed by atoms with Crippen LogP contribution in [0.25, 0.3) is 0 Å². The predicted molar refractivity (Wildman–Crippen MR) is 81.7 cm³/mol. The van der Waals surface area contributed by atoms with Gasteiger partial charge in [-0.05, 0) is 61.6 Å². The van der Waals surface area contributed by atoms with Gasteiger partial charge in [0.2, 0.25) is 5.91 Å². The first-order valence-corrected chi connectivity index (χ1v) is 8.03. The first-order valence-electron chi connectivity index (χ1n) is 7.65. The van der Waals surface area contributed by atoms with E-state index in [1.807, 2.05) is 24.3 Å². The number of hydrogen-bond donors (Lipinski definition) is 1. The third-order valence-corrected chi connectivity index (χ3v) is 5.35. The predicted octanol–water partition coefficient (Wildman–Crippen LogP) is 3.82. The molecule has 1 aromatic rings. The summed E-state index contributed by atoms with van der Waals surface area (Å²) in [4.78, 5) is 12.1. The van der Waals surface area contributed by atoms with Gasteiger partial charge in [-0.25, -0.2) is 0 Å². The van der Waals surface area contributed by atoms with Gasteiger partial charge < -0.3 is 5.32 Å². The van der Waals surface area contributed by atoms with E-state index in [4.69, 9.17) is 11.6 Å². The van der Waals surface area contributed by atoms with Gasteiger partial charge in [0, 0.05) is 11.1 Å². The molecule has 1 aromatic carbocycles. The third-order valence-electron chi connectivity index (χ3n) is 5.10. The van der Waals surface area contributed by atoms with Gasteiger partial charge in [0.15, 0.2) is 0 Å². The quantitative estimate of drug-likeness (QED) is 0.898. The number of halogens is 1. The van der Waals surface area contributed by atoms with Gasteiger partial charge in [-0.15, -0.1) is 0 Å². The molecule has 0 aliphatic heterocycles. The molecule has 0 saturated heterocycles. The lowest BCUT2D eigenvalue weighted by Gasteiger charge is -2.28. The second-order valence-corrected chi connectivity index (χ2v) is 6.93. The van der Waals surface area contributed by atoms with Crippen LogP contribution in [0.1, 0.15) is 38.2 Å². The fourth-order valence-electron chi connectivity index (χ4n) is 4.11. The molecule has 1 amide bonds. The second-order valence-electron chi connectivity index (χ2n) is 6.50. The Labute approximate surface area is 125 Å². The second kappa shape index (κ2) is 5.77. The van der Waals surface area contributed by atoms with Gasteiger partial charge in [-0.1, -0.05) is 30.2 Å². The van der Waals surface area contributed by atoms with Gasteiger partial charge in [0.25, 0.3) is 0 Å². The summed E-state index contributed by atoms with van der Waals surface area (Å²) >= 11 is 5.85. The maximum absolute atomic E-state index is 12.1. The topological polar surface area (TPSA) is 29.1 Å². The van der Waals surface area contributed by atoms with Gasteiger partial charge >= 0.3 is 0 Å². The first kappa shape index (κ1) is 13.9. The van der Waals surface area contributed by atoms with Crippen LogP contribution in [0.15, 0.2) is 24.3 Å². The van der Waals surface area contributed by atoms with E-state index in [9.17, 15) is 4.79 Å². The maximum atomic E-state index is 12.1. The van der Waals surface area contributed by atoms with E-state index in [1.54, 1.807) is 0 Å². The third kappa shape index (κ3) is 3.01. The van der Waals surface area contributed by atoms with E-state index in [-0.39, 0.29) is 5.91 Å². The highest BCUT2D eigenvalue weighted by Gasteiger charge is 2.42. The van der Waals surface area contributed by atoms with Crippen molar-refractivity contribution in [2.24, 2.45) is 17.8 Å². The van der Waals surface area contributed by atoms with E-state index in [0.717, 1.165) is 17.4 Å². The zero-order valence-electron chi connectivity index (χ0n) is 11.9. The smallest absolute Gasteiger partial charge is 0.224 e. The van der Waals surface area contributed by atoms with E-state index >= 15 is 0 Å². The molecule has 1 N–H and O–H groups in total. The van der Waals surface area contributed by atoms with Gasteiger partial charge in [-0.3, -0.25) is 4.79 Å². The molecule has 2 aliphatic carbocycles. The summed E-state index contributed by atoms with van der Waals surface area (Å²) in [6.07, 6.45) is 5.93. The summed E-state index contributed by atoms with van der Waals surface area (Å²) < 4.78 is 0. The SMILES string of the molecule is C[C@@H](NC(=O)Cc1ccc(Cl)cc1)[C@H]1C[C@@H]2CC[C@@H]1C2. The van der Waals surface area contributed by atoms with Crippen LogP contribution >= 0.6 is 11.6 Å². The van der Waals surface area contributed by atoms with Crippen molar-refractivity contribution >= 4 is 17.5 Å². The lowest BCUT2D eigenvalue weighted by Crippen LogP contribution is -2.40. The van der Waals surface area contributed by atoms with Crippen molar-refractivity contribution in [2.75, 3.05) is 0 Å². The summed E-state index contributed by atoms with van der Waals surface area (Å²) in [7, 11) is 0. The Morgan fingerprint density at radius 3 is 2.65 bits per heavy atom. The molecular formula is C17H22ClNO. The first-order chi connectivity index (χ1) is 9.61. The minimum Gasteiger partial charge on any atom is -0.353 e. The molecule has 2 aliphatic rings. The molecule has 0 radical (unpaired) electrons. The highest BCUT2D eigenvalue weighted by atomic mass is 35.5. The normalized spacial score (nSPS) is 29.4. The number of benzene rings is 1. The molecule has 0 heterocycles. The largest absolute Gasteiger partial charge is 0.353 e. The molecule has 2 bridgehead atoms. The minimum atomic E-state index is 0.127. The van der Waals surface area contributed by atoms with Crippen LogP contribution in [0.4, 0.5) is 0 Å². The molecule has 0 spiro atoms. The number of rotatable bonds is 4. The Hall–Kier alpha value is -1.02. The number of nitrogens with one attached hydrogen (secondary N) is 1. The van der Waals surface area contributed by atoms with Crippen LogP contribution in [0.3, 0.4) is 0 Å². The molecule has 2 nitrogen and oxygen atoms in total. The molecule has 0 unspecified atom stereocenters. The van der Waals surface area contributed by atoms with Crippen molar-refractivity contribution < 1.29 is 4.79 Å². The van der Waals surface area contributed by atoms with Crippen molar-refractivity contribution in [1.82, 2.24) is 5.32 Å². The number of amides is 1. The molecule has 20 heavy (non-hydrogen) atoms. The van der Waals surface area contributed by atoms with Gasteiger partial charge in [0.1, 0.15) is 0 Å². The van der Waals surface area contributed by atoms with Crippen molar-refractivity contribution in [2.45, 2.75) is 45.1 Å². The van der Waals surface area contributed by atoms with Crippen molar-refractivity contribution in [1.29, 1.82) is 0 Å². The fraction of sp³-hybridized carbons (Fsp3) is 0.588. The Morgan fingerprint density at radius 2 is 2.05 bits per heavy atom. The van der Waals surface area contributed by atoms with Crippen molar-refractivity contribution in [3.05, 3.63) is 34.9 Å². The average Bonchev–Trinajstić information content (AvgIpc) is 3.03. The molecule has 2 saturated carbocycles. The van der Waals surface area contributed by atoms with Crippen LogP contribution in [-0.4, -0.2) is 11.9 Å². The van der Waals surface area contributed by atoms with Crippen LogP contribution in [0, 0.1) is 17.8 Å². The Morgan fingerprint density at radius 1 is 1.30 bits per heavy atom. The summed E-state index contributed by atoms with van der Waals surface area (Å²) in [6, 6.07) is 7.83. The van der Waals surface area contributed by atoms with Gasteiger partial charge in [0.05, 0.1) is 6.42 Å². The number of hydrogen-bond acceptors (Lipinski definition) is 1. The zero-order chi connectivity index (χ0) is 14.1. The summed E-state index contributed by atoms with van der Waals surface area (Å²) in [5.74, 6) is 2.61. The van der Waals surface area contributed by atoms with Crippen LogP contribution < -0.4 is 5.32 Å². The van der Waals surface area contributed by atoms with Crippen LogP contribution in [0.5, 0.6) is 0 Å². The summed E-state index contributed by atoms with van der Waals surface area (Å²) in [5, 5.41) is 3.91. The fourth-order valence-corrected chi connectivity index (χ4v) is 4.23. The molecule has 0 aromatic heterocycles. The van der Waals surface area contributed by atoms with E-state index in [1.165, 1.54) is 25.7 Å². The van der Waals surface area contributed by atoms with Crippen LogP contribution in [0.2, 0.25) is 5.02 Å². The Kier molecular flexibility index (Phi) is 4.02. The van der Waals surface area contributed by atoms with Crippen LogP contribution in [-0.2, 0) is 11.2 Å². The van der Waals surface area contributed by atoms with Gasteiger partial charge in [-0.2, -0.15) is 0 Å². The van der Waals surface area contributed by atoms with E-state index < -0.39 is 0 Å². The maximum Gasteiger partial charge on any atom is 0.224 e. The van der Waals surface area contributed by atoms with Crippen molar-refractivity contribution in [3.63, 3.8) is 0 Å². The molecule has 4 atom stereocenters. The standard InChI is InChI=1S/C17H22ClNO/c1-11(16-9-13-2-5-14(16)8-13)19-17(20)10-12-3-6-15(18)7-4-12/h3-4,6-7,11,13-14,16H,2,5,8-10H2,1H3,(H,19,20)/t11-,13-,14-,16-/m1/s1. The molecule has 3 heteroatoms. The number of carbonyl (C=O) groups is 1. The highest BCUT2D eigenvalue weighted by molar-refractivity contribution is 6.30. The molecule has 2 fully saturated rings. The van der Waals surface area contributed by atoms with E-state index in [2.05, 4.69) is 12.2 Å². The molecule has 3 rings (SSSR count).